The molecule has 1 heterocycles. The summed E-state index contributed by atoms with van der Waals surface area (Å²) < 4.78 is 37.6. The fourth-order valence-electron chi connectivity index (χ4n) is 2.29. The molecule has 1 aromatic carbocycles. The Hall–Kier alpha value is -1.56. The van der Waals surface area contributed by atoms with Gasteiger partial charge in [-0.25, -0.2) is 0 Å². The van der Waals surface area contributed by atoms with Crippen LogP contribution in [0, 0.1) is 5.92 Å². The number of hydrogen-bond donors (Lipinski definition) is 1. The Labute approximate surface area is 115 Å². The summed E-state index contributed by atoms with van der Waals surface area (Å²) in [5, 5.41) is 3.03. The molecule has 0 bridgehead atoms. The molecule has 3 nitrogen and oxygen atoms in total. The molecule has 1 aromatic rings. The SMILES string of the molecule is CC(C)CN1C(=O)CNC1c1ccc(C(F)(F)F)cc1. The molecule has 1 unspecified atom stereocenters. The van der Waals surface area contributed by atoms with Crippen LogP contribution in [0.5, 0.6) is 0 Å². The highest BCUT2D eigenvalue weighted by molar-refractivity contribution is 5.80. The average Bonchev–Trinajstić information content (AvgIpc) is 2.70. The lowest BCUT2D eigenvalue weighted by Crippen LogP contribution is -2.33. The van der Waals surface area contributed by atoms with Crippen molar-refractivity contribution in [3.63, 3.8) is 0 Å². The van der Waals surface area contributed by atoms with Crippen molar-refractivity contribution in [1.82, 2.24) is 10.2 Å². The van der Waals surface area contributed by atoms with Crippen molar-refractivity contribution < 1.29 is 18.0 Å². The van der Waals surface area contributed by atoms with E-state index in [0.717, 1.165) is 12.1 Å². The molecule has 110 valence electrons. The number of nitrogens with one attached hydrogen (secondary N) is 1. The van der Waals surface area contributed by atoms with Gasteiger partial charge >= 0.3 is 6.18 Å². The van der Waals surface area contributed by atoms with Gasteiger partial charge in [-0.15, -0.1) is 0 Å². The third-order valence-corrected chi connectivity index (χ3v) is 3.19. The van der Waals surface area contributed by atoms with E-state index in [1.807, 2.05) is 13.8 Å². The van der Waals surface area contributed by atoms with E-state index in [-0.39, 0.29) is 18.6 Å². The van der Waals surface area contributed by atoms with Crippen molar-refractivity contribution in [2.75, 3.05) is 13.1 Å². The maximum atomic E-state index is 12.5. The maximum absolute atomic E-state index is 12.5. The molecule has 1 aliphatic rings. The fourth-order valence-corrected chi connectivity index (χ4v) is 2.29. The minimum atomic E-state index is -4.34. The van der Waals surface area contributed by atoms with Crippen LogP contribution in [-0.4, -0.2) is 23.9 Å². The number of carbonyl (C=O) groups is 1. The van der Waals surface area contributed by atoms with E-state index >= 15 is 0 Å². The van der Waals surface area contributed by atoms with Crippen LogP contribution in [0.4, 0.5) is 13.2 Å². The summed E-state index contributed by atoms with van der Waals surface area (Å²) in [6, 6.07) is 4.94. The molecule has 1 amide bonds. The number of hydrogen-bond acceptors (Lipinski definition) is 2. The zero-order valence-electron chi connectivity index (χ0n) is 11.4. The largest absolute Gasteiger partial charge is 0.416 e. The first-order chi connectivity index (χ1) is 9.29. The number of halogens is 3. The Morgan fingerprint density at radius 3 is 2.40 bits per heavy atom. The average molecular weight is 286 g/mol. The maximum Gasteiger partial charge on any atom is 0.416 e. The Bertz CT molecular complexity index is 482. The molecule has 0 aromatic heterocycles. The van der Waals surface area contributed by atoms with Crippen LogP contribution in [0.15, 0.2) is 24.3 Å². The predicted octanol–water partition coefficient (Wildman–Crippen LogP) is 2.79. The first-order valence-corrected chi connectivity index (χ1v) is 6.49. The number of rotatable bonds is 3. The van der Waals surface area contributed by atoms with Gasteiger partial charge in [-0.1, -0.05) is 26.0 Å². The van der Waals surface area contributed by atoms with Crippen LogP contribution in [0.25, 0.3) is 0 Å². The first-order valence-electron chi connectivity index (χ1n) is 6.49. The van der Waals surface area contributed by atoms with Crippen LogP contribution in [-0.2, 0) is 11.0 Å². The summed E-state index contributed by atoms with van der Waals surface area (Å²) in [7, 11) is 0. The molecule has 1 fully saturated rings. The minimum Gasteiger partial charge on any atom is -0.322 e. The van der Waals surface area contributed by atoms with Crippen molar-refractivity contribution in [2.45, 2.75) is 26.2 Å². The molecule has 0 saturated carbocycles. The summed E-state index contributed by atoms with van der Waals surface area (Å²) >= 11 is 0. The number of carbonyl (C=O) groups excluding carboxylic acids is 1. The lowest BCUT2D eigenvalue weighted by atomic mass is 10.1. The molecule has 0 spiro atoms. The van der Waals surface area contributed by atoms with E-state index in [4.69, 9.17) is 0 Å². The standard InChI is InChI=1S/C14H17F3N2O/c1-9(2)8-19-12(20)7-18-13(19)10-3-5-11(6-4-10)14(15,16)17/h3-6,9,13,18H,7-8H2,1-2H3. The Morgan fingerprint density at radius 2 is 1.90 bits per heavy atom. The van der Waals surface area contributed by atoms with Crippen LogP contribution < -0.4 is 5.32 Å². The molecule has 1 N–H and O–H groups in total. The van der Waals surface area contributed by atoms with Gasteiger partial charge in [0.2, 0.25) is 5.91 Å². The summed E-state index contributed by atoms with van der Waals surface area (Å²) in [6.45, 7) is 4.79. The molecule has 6 heteroatoms. The lowest BCUT2D eigenvalue weighted by Gasteiger charge is -2.26. The van der Waals surface area contributed by atoms with Crippen LogP contribution >= 0.6 is 0 Å². The van der Waals surface area contributed by atoms with Gasteiger partial charge in [0, 0.05) is 6.54 Å². The summed E-state index contributed by atoms with van der Waals surface area (Å²) in [6.07, 6.45) is -4.68. The molecule has 1 aliphatic heterocycles. The first kappa shape index (κ1) is 14.8. The normalized spacial score (nSPS) is 20.0. The molecular weight excluding hydrogens is 269 g/mol. The van der Waals surface area contributed by atoms with Crippen molar-refractivity contribution in [3.8, 4) is 0 Å². The van der Waals surface area contributed by atoms with E-state index in [0.29, 0.717) is 18.0 Å². The highest BCUT2D eigenvalue weighted by atomic mass is 19.4. The summed E-state index contributed by atoms with van der Waals surface area (Å²) in [4.78, 5) is 13.5. The Morgan fingerprint density at radius 1 is 1.30 bits per heavy atom. The molecule has 0 aliphatic carbocycles. The highest BCUT2D eigenvalue weighted by Crippen LogP contribution is 2.31. The fraction of sp³-hybridized carbons (Fsp3) is 0.500. The summed E-state index contributed by atoms with van der Waals surface area (Å²) in [5.74, 6) is 0.277. The van der Waals surface area contributed by atoms with E-state index < -0.39 is 11.7 Å². The molecular formula is C14H17F3N2O. The van der Waals surface area contributed by atoms with E-state index in [1.165, 1.54) is 12.1 Å². The monoisotopic (exact) mass is 286 g/mol. The van der Waals surface area contributed by atoms with Gasteiger partial charge in [-0.05, 0) is 23.6 Å². The van der Waals surface area contributed by atoms with Gasteiger partial charge in [-0.2, -0.15) is 13.2 Å². The Kier molecular flexibility index (Phi) is 4.04. The predicted molar refractivity (Wildman–Crippen MR) is 68.7 cm³/mol. The number of alkyl halides is 3. The third kappa shape index (κ3) is 3.12. The Balaban J connectivity index is 2.20. The number of amides is 1. The van der Waals surface area contributed by atoms with E-state index in [1.54, 1.807) is 4.90 Å². The zero-order valence-corrected chi connectivity index (χ0v) is 11.4. The van der Waals surface area contributed by atoms with E-state index in [2.05, 4.69) is 5.32 Å². The second-order valence-electron chi connectivity index (χ2n) is 5.34. The van der Waals surface area contributed by atoms with Gasteiger partial charge in [0.25, 0.3) is 0 Å². The number of nitrogens with zero attached hydrogens (tertiary/aromatic N) is 1. The van der Waals surface area contributed by atoms with Crippen molar-refractivity contribution in [3.05, 3.63) is 35.4 Å². The molecule has 1 saturated heterocycles. The number of benzene rings is 1. The van der Waals surface area contributed by atoms with Crippen molar-refractivity contribution in [1.29, 1.82) is 0 Å². The van der Waals surface area contributed by atoms with Gasteiger partial charge < -0.3 is 4.90 Å². The van der Waals surface area contributed by atoms with Crippen LogP contribution in [0.2, 0.25) is 0 Å². The second-order valence-corrected chi connectivity index (χ2v) is 5.34. The minimum absolute atomic E-state index is 0.0244. The summed E-state index contributed by atoms with van der Waals surface area (Å²) in [5.41, 5.74) is -0.00881. The smallest absolute Gasteiger partial charge is 0.322 e. The third-order valence-electron chi connectivity index (χ3n) is 3.19. The van der Waals surface area contributed by atoms with Crippen LogP contribution in [0.3, 0.4) is 0 Å². The second kappa shape index (κ2) is 5.44. The van der Waals surface area contributed by atoms with Crippen molar-refractivity contribution >= 4 is 5.91 Å². The molecule has 1 atom stereocenters. The van der Waals surface area contributed by atoms with Gasteiger partial charge in [0.15, 0.2) is 0 Å². The lowest BCUT2D eigenvalue weighted by molar-refractivity contribution is -0.137. The van der Waals surface area contributed by atoms with E-state index in [9.17, 15) is 18.0 Å². The molecule has 20 heavy (non-hydrogen) atoms. The highest BCUT2D eigenvalue weighted by Gasteiger charge is 2.33. The van der Waals surface area contributed by atoms with Crippen molar-refractivity contribution in [2.24, 2.45) is 5.92 Å². The topological polar surface area (TPSA) is 32.3 Å². The van der Waals surface area contributed by atoms with Gasteiger partial charge in [-0.3, -0.25) is 10.1 Å². The quantitative estimate of drug-likeness (QED) is 0.926. The zero-order chi connectivity index (χ0) is 14.9. The van der Waals surface area contributed by atoms with Gasteiger partial charge in [0.1, 0.15) is 6.17 Å². The molecule has 0 radical (unpaired) electrons. The van der Waals surface area contributed by atoms with Gasteiger partial charge in [0.05, 0.1) is 12.1 Å². The van der Waals surface area contributed by atoms with Crippen LogP contribution in [0.1, 0.15) is 31.1 Å². The molecule has 2 rings (SSSR count).